The molecule has 0 bridgehead atoms. The summed E-state index contributed by atoms with van der Waals surface area (Å²) in [7, 11) is 0. The van der Waals surface area contributed by atoms with Crippen molar-refractivity contribution in [2.45, 2.75) is 0 Å². The van der Waals surface area contributed by atoms with Gasteiger partial charge < -0.3 is 48.1 Å². The van der Waals surface area contributed by atoms with Crippen molar-refractivity contribution in [3.8, 4) is 11.5 Å². The van der Waals surface area contributed by atoms with Crippen molar-refractivity contribution in [1.29, 1.82) is 0 Å². The Hall–Kier alpha value is -1.50. The normalized spacial score (nSPS) is 11.1. The summed E-state index contributed by atoms with van der Waals surface area (Å²) in [5, 5.41) is 17.1. The van der Waals surface area contributed by atoms with Crippen LogP contribution >= 0.6 is 0 Å². The number of aliphatic hydroxyl groups is 2. The van der Waals surface area contributed by atoms with Crippen LogP contribution in [0.5, 0.6) is 11.5 Å². The fourth-order valence-corrected chi connectivity index (χ4v) is 2.30. The van der Waals surface area contributed by atoms with Crippen LogP contribution in [0.15, 0.2) is 24.3 Å². The van der Waals surface area contributed by atoms with Crippen LogP contribution in [-0.4, -0.2) is 116 Å². The van der Waals surface area contributed by atoms with Crippen molar-refractivity contribution < 1.29 is 48.1 Å². The maximum Gasteiger partial charge on any atom is 0.123 e. The SMILES string of the molecule is OCCOCCOCCOCCOc1cccc(OCCOCCOCCOCCO)c1. The second-order valence-corrected chi connectivity index (χ2v) is 6.29. The van der Waals surface area contributed by atoms with Crippen LogP contribution in [0, 0.1) is 0 Å². The molecule has 0 aliphatic carbocycles. The number of hydrogen-bond acceptors (Lipinski definition) is 10. The Balaban J connectivity index is 1.94. The van der Waals surface area contributed by atoms with Crippen LogP contribution in [0.4, 0.5) is 0 Å². The molecular formula is C22H38O10. The molecule has 0 aliphatic heterocycles. The van der Waals surface area contributed by atoms with E-state index in [1.165, 1.54) is 0 Å². The standard InChI is InChI=1S/C22H38O10/c23-4-6-25-8-10-27-12-14-29-16-18-31-21-2-1-3-22(20-21)32-19-17-30-15-13-28-11-9-26-7-5-24/h1-3,20,23-24H,4-19H2. The molecular weight excluding hydrogens is 424 g/mol. The second-order valence-electron chi connectivity index (χ2n) is 6.29. The maximum absolute atomic E-state index is 8.57. The Kier molecular flexibility index (Phi) is 20.2. The quantitative estimate of drug-likeness (QED) is 0.211. The van der Waals surface area contributed by atoms with Gasteiger partial charge in [0, 0.05) is 6.07 Å². The third kappa shape index (κ3) is 18.1. The van der Waals surface area contributed by atoms with Gasteiger partial charge in [-0.05, 0) is 12.1 Å². The first kappa shape index (κ1) is 28.5. The van der Waals surface area contributed by atoms with E-state index in [0.29, 0.717) is 104 Å². The first-order valence-electron chi connectivity index (χ1n) is 10.9. The van der Waals surface area contributed by atoms with Gasteiger partial charge in [0.25, 0.3) is 0 Å². The highest BCUT2D eigenvalue weighted by molar-refractivity contribution is 5.32. The van der Waals surface area contributed by atoms with E-state index < -0.39 is 0 Å². The summed E-state index contributed by atoms with van der Waals surface area (Å²) in [6.45, 7) is 6.29. The summed E-state index contributed by atoms with van der Waals surface area (Å²) < 4.78 is 43.1. The van der Waals surface area contributed by atoms with Crippen LogP contribution in [0.1, 0.15) is 0 Å². The fourth-order valence-electron chi connectivity index (χ4n) is 2.30. The van der Waals surface area contributed by atoms with Gasteiger partial charge in [0.1, 0.15) is 24.7 Å². The largest absolute Gasteiger partial charge is 0.491 e. The van der Waals surface area contributed by atoms with Crippen LogP contribution in [-0.2, 0) is 28.4 Å². The van der Waals surface area contributed by atoms with E-state index in [4.69, 9.17) is 48.1 Å². The number of hydrogen-bond donors (Lipinski definition) is 2. The van der Waals surface area contributed by atoms with Crippen molar-refractivity contribution in [2.24, 2.45) is 0 Å². The molecule has 0 saturated carbocycles. The predicted octanol–water partition coefficient (Wildman–Crippen LogP) is 0.528. The molecule has 0 amide bonds. The minimum Gasteiger partial charge on any atom is -0.491 e. The third-order valence-corrected chi connectivity index (χ3v) is 3.76. The van der Waals surface area contributed by atoms with E-state index in [1.807, 2.05) is 24.3 Å². The summed E-state index contributed by atoms with van der Waals surface area (Å²) in [6.07, 6.45) is 0. The molecule has 0 atom stereocenters. The topological polar surface area (TPSA) is 114 Å². The molecule has 186 valence electrons. The van der Waals surface area contributed by atoms with Crippen LogP contribution in [0.2, 0.25) is 0 Å². The lowest BCUT2D eigenvalue weighted by Gasteiger charge is -2.10. The lowest BCUT2D eigenvalue weighted by Crippen LogP contribution is -2.13. The van der Waals surface area contributed by atoms with Gasteiger partial charge in [-0.3, -0.25) is 0 Å². The molecule has 1 rings (SSSR count). The zero-order valence-electron chi connectivity index (χ0n) is 18.8. The smallest absolute Gasteiger partial charge is 0.123 e. The van der Waals surface area contributed by atoms with Crippen molar-refractivity contribution in [3.05, 3.63) is 24.3 Å². The van der Waals surface area contributed by atoms with Gasteiger partial charge in [-0.1, -0.05) is 6.07 Å². The highest BCUT2D eigenvalue weighted by Gasteiger charge is 1.99. The molecule has 10 heteroatoms. The third-order valence-electron chi connectivity index (χ3n) is 3.76. The fraction of sp³-hybridized carbons (Fsp3) is 0.727. The average molecular weight is 463 g/mol. The summed E-state index contributed by atoms with van der Waals surface area (Å²) >= 11 is 0. The summed E-state index contributed by atoms with van der Waals surface area (Å²) in [4.78, 5) is 0. The summed E-state index contributed by atoms with van der Waals surface area (Å²) in [6, 6.07) is 7.41. The molecule has 0 aliphatic rings. The van der Waals surface area contributed by atoms with Gasteiger partial charge in [-0.25, -0.2) is 0 Å². The van der Waals surface area contributed by atoms with Gasteiger partial charge in [0.2, 0.25) is 0 Å². The monoisotopic (exact) mass is 462 g/mol. The van der Waals surface area contributed by atoms with Crippen LogP contribution in [0.25, 0.3) is 0 Å². The molecule has 10 nitrogen and oxygen atoms in total. The minimum atomic E-state index is 0.0212. The van der Waals surface area contributed by atoms with E-state index in [1.54, 1.807) is 0 Å². The zero-order chi connectivity index (χ0) is 23.0. The lowest BCUT2D eigenvalue weighted by molar-refractivity contribution is 0.00330. The predicted molar refractivity (Wildman–Crippen MR) is 117 cm³/mol. The van der Waals surface area contributed by atoms with Crippen molar-refractivity contribution in [1.82, 2.24) is 0 Å². The van der Waals surface area contributed by atoms with Gasteiger partial charge in [0.05, 0.1) is 92.5 Å². The number of ether oxygens (including phenoxy) is 8. The van der Waals surface area contributed by atoms with Gasteiger partial charge in [-0.15, -0.1) is 0 Å². The molecule has 0 spiro atoms. The maximum atomic E-state index is 8.57. The van der Waals surface area contributed by atoms with Gasteiger partial charge in [-0.2, -0.15) is 0 Å². The van der Waals surface area contributed by atoms with Gasteiger partial charge >= 0.3 is 0 Å². The lowest BCUT2D eigenvalue weighted by atomic mass is 10.3. The molecule has 1 aromatic carbocycles. The molecule has 0 fully saturated rings. The molecule has 1 aromatic rings. The molecule has 0 unspecified atom stereocenters. The molecule has 2 N–H and O–H groups in total. The van der Waals surface area contributed by atoms with E-state index in [9.17, 15) is 0 Å². The molecule has 0 saturated heterocycles. The molecule has 0 heterocycles. The summed E-state index contributed by atoms with van der Waals surface area (Å²) in [5.74, 6) is 1.42. The van der Waals surface area contributed by atoms with E-state index in [-0.39, 0.29) is 13.2 Å². The number of aliphatic hydroxyl groups excluding tert-OH is 2. The van der Waals surface area contributed by atoms with E-state index >= 15 is 0 Å². The average Bonchev–Trinajstić information content (AvgIpc) is 2.81. The summed E-state index contributed by atoms with van der Waals surface area (Å²) in [5.41, 5.74) is 0. The minimum absolute atomic E-state index is 0.0212. The first-order chi connectivity index (χ1) is 15.9. The number of benzene rings is 1. The van der Waals surface area contributed by atoms with Crippen molar-refractivity contribution in [3.63, 3.8) is 0 Å². The van der Waals surface area contributed by atoms with E-state index in [2.05, 4.69) is 0 Å². The zero-order valence-corrected chi connectivity index (χ0v) is 18.8. The van der Waals surface area contributed by atoms with Gasteiger partial charge in [0.15, 0.2) is 0 Å². The Morgan fingerprint density at radius 1 is 0.438 bits per heavy atom. The Bertz CT molecular complexity index is 476. The van der Waals surface area contributed by atoms with Crippen molar-refractivity contribution >= 4 is 0 Å². The Morgan fingerprint density at radius 2 is 0.750 bits per heavy atom. The van der Waals surface area contributed by atoms with Crippen LogP contribution < -0.4 is 9.47 Å². The van der Waals surface area contributed by atoms with Crippen LogP contribution in [0.3, 0.4) is 0 Å². The Labute approximate surface area is 190 Å². The highest BCUT2D eigenvalue weighted by atomic mass is 16.6. The Morgan fingerprint density at radius 3 is 1.09 bits per heavy atom. The molecule has 0 aromatic heterocycles. The molecule has 0 radical (unpaired) electrons. The highest BCUT2D eigenvalue weighted by Crippen LogP contribution is 2.19. The second kappa shape index (κ2) is 22.7. The van der Waals surface area contributed by atoms with E-state index in [0.717, 1.165) is 0 Å². The number of rotatable bonds is 24. The first-order valence-corrected chi connectivity index (χ1v) is 10.9. The molecule has 32 heavy (non-hydrogen) atoms. The van der Waals surface area contributed by atoms with Crippen molar-refractivity contribution in [2.75, 3.05) is 106 Å².